The van der Waals surface area contributed by atoms with Crippen LogP contribution in [-0.4, -0.2) is 36.5 Å². The minimum Gasteiger partial charge on any atom is -0.478 e. The number of hydrogen-bond acceptors (Lipinski definition) is 4. The van der Waals surface area contributed by atoms with E-state index < -0.39 is 5.97 Å². The van der Waals surface area contributed by atoms with Crippen LogP contribution in [0, 0.1) is 0 Å². The predicted molar refractivity (Wildman–Crippen MR) is 68.9 cm³/mol. The average Bonchev–Trinajstić information content (AvgIpc) is 3.03. The van der Waals surface area contributed by atoms with Crippen LogP contribution in [0.15, 0.2) is 24.8 Å². The number of nitrogens with zero attached hydrogens (tertiary/aromatic N) is 4. The van der Waals surface area contributed by atoms with Crippen LogP contribution in [0.2, 0.25) is 0 Å². The Bertz CT molecular complexity index is 616. The predicted octanol–water partition coefficient (Wildman–Crippen LogP) is 0.0213. The quantitative estimate of drug-likeness (QED) is 0.775. The molecule has 2 aromatic heterocycles. The Kier molecular flexibility index (Phi) is 4.14. The largest absolute Gasteiger partial charge is 0.478 e. The summed E-state index contributed by atoms with van der Waals surface area (Å²) >= 11 is 0. The van der Waals surface area contributed by atoms with E-state index in [0.29, 0.717) is 13.1 Å². The molecule has 0 aliphatic carbocycles. The van der Waals surface area contributed by atoms with Gasteiger partial charge in [0.25, 0.3) is 0 Å². The smallest absolute Gasteiger partial charge is 0.338 e. The molecule has 0 aromatic carbocycles. The molecule has 0 radical (unpaired) electrons. The number of carbonyl (C=O) groups is 2. The van der Waals surface area contributed by atoms with Crippen LogP contribution in [-0.2, 0) is 24.9 Å². The maximum Gasteiger partial charge on any atom is 0.338 e. The molecule has 20 heavy (non-hydrogen) atoms. The summed E-state index contributed by atoms with van der Waals surface area (Å²) in [6.45, 7) is 0.762. The van der Waals surface area contributed by atoms with Crippen LogP contribution >= 0.6 is 0 Å². The number of aryl methyl sites for hydroxylation is 2. The summed E-state index contributed by atoms with van der Waals surface area (Å²) in [6, 6.07) is 0. The fraction of sp³-hybridized carbons (Fsp3) is 0.333. The van der Waals surface area contributed by atoms with Gasteiger partial charge in [0.1, 0.15) is 0 Å². The van der Waals surface area contributed by atoms with Crippen molar-refractivity contribution in [3.63, 3.8) is 0 Å². The maximum atomic E-state index is 11.6. The fourth-order valence-electron chi connectivity index (χ4n) is 1.66. The third-order valence-corrected chi connectivity index (χ3v) is 2.70. The molecule has 0 unspecified atom stereocenters. The minimum absolute atomic E-state index is 0.112. The molecule has 2 heterocycles. The second-order valence-electron chi connectivity index (χ2n) is 4.35. The molecule has 2 aromatic rings. The first-order valence-corrected chi connectivity index (χ1v) is 6.04. The standard InChI is InChI=1S/C12H15N5O3/c1-16-7-9(5-14-16)4-13-11(18)2-3-17-8-10(6-15-17)12(19)20/h5-8H,2-4H2,1H3,(H,13,18)(H,19,20). The highest BCUT2D eigenvalue weighted by Crippen LogP contribution is 1.99. The van der Waals surface area contributed by atoms with Gasteiger partial charge in [-0.3, -0.25) is 14.2 Å². The molecule has 0 saturated carbocycles. The van der Waals surface area contributed by atoms with Gasteiger partial charge in [0.15, 0.2) is 0 Å². The van der Waals surface area contributed by atoms with Crippen molar-refractivity contribution in [1.82, 2.24) is 24.9 Å². The van der Waals surface area contributed by atoms with E-state index in [1.165, 1.54) is 17.1 Å². The van der Waals surface area contributed by atoms with Gasteiger partial charge in [-0.25, -0.2) is 4.79 Å². The number of rotatable bonds is 6. The molecule has 0 saturated heterocycles. The van der Waals surface area contributed by atoms with E-state index >= 15 is 0 Å². The van der Waals surface area contributed by atoms with E-state index in [-0.39, 0.29) is 17.9 Å². The summed E-state index contributed by atoms with van der Waals surface area (Å²) in [5.74, 6) is -1.15. The van der Waals surface area contributed by atoms with Gasteiger partial charge in [0.2, 0.25) is 5.91 Å². The minimum atomic E-state index is -1.03. The van der Waals surface area contributed by atoms with Crippen LogP contribution in [0.4, 0.5) is 0 Å². The average molecular weight is 277 g/mol. The van der Waals surface area contributed by atoms with Crippen LogP contribution in [0.25, 0.3) is 0 Å². The van der Waals surface area contributed by atoms with E-state index in [0.717, 1.165) is 5.56 Å². The molecule has 0 fully saturated rings. The Hall–Kier alpha value is -2.64. The normalized spacial score (nSPS) is 10.4. The number of carbonyl (C=O) groups excluding carboxylic acids is 1. The van der Waals surface area contributed by atoms with Crippen LogP contribution in [0.5, 0.6) is 0 Å². The Morgan fingerprint density at radius 1 is 1.30 bits per heavy atom. The van der Waals surface area contributed by atoms with Crippen molar-refractivity contribution in [2.45, 2.75) is 19.5 Å². The topological polar surface area (TPSA) is 102 Å². The monoisotopic (exact) mass is 277 g/mol. The van der Waals surface area contributed by atoms with Gasteiger partial charge < -0.3 is 10.4 Å². The van der Waals surface area contributed by atoms with Crippen molar-refractivity contribution in [3.8, 4) is 0 Å². The number of nitrogens with one attached hydrogen (secondary N) is 1. The maximum absolute atomic E-state index is 11.6. The summed E-state index contributed by atoms with van der Waals surface area (Å²) in [6.07, 6.45) is 6.41. The second-order valence-corrected chi connectivity index (χ2v) is 4.35. The fourth-order valence-corrected chi connectivity index (χ4v) is 1.66. The Labute approximate surface area is 115 Å². The molecule has 0 atom stereocenters. The van der Waals surface area contributed by atoms with Crippen LogP contribution in [0.3, 0.4) is 0 Å². The molecule has 0 aliphatic rings. The molecular weight excluding hydrogens is 262 g/mol. The first-order chi connectivity index (χ1) is 9.54. The number of amides is 1. The Morgan fingerprint density at radius 2 is 2.10 bits per heavy atom. The lowest BCUT2D eigenvalue weighted by molar-refractivity contribution is -0.121. The summed E-state index contributed by atoms with van der Waals surface area (Å²) in [7, 11) is 1.81. The zero-order valence-electron chi connectivity index (χ0n) is 11.0. The van der Waals surface area contributed by atoms with Gasteiger partial charge in [-0.1, -0.05) is 0 Å². The lowest BCUT2D eigenvalue weighted by atomic mass is 10.3. The van der Waals surface area contributed by atoms with Gasteiger partial charge in [0, 0.05) is 44.5 Å². The van der Waals surface area contributed by atoms with Gasteiger partial charge in [-0.2, -0.15) is 10.2 Å². The summed E-state index contributed by atoms with van der Waals surface area (Å²) in [5.41, 5.74) is 1.04. The summed E-state index contributed by atoms with van der Waals surface area (Å²) in [4.78, 5) is 22.3. The highest BCUT2D eigenvalue weighted by molar-refractivity contribution is 5.86. The van der Waals surface area contributed by atoms with Crippen molar-refractivity contribution in [1.29, 1.82) is 0 Å². The molecule has 2 N–H and O–H groups in total. The van der Waals surface area contributed by atoms with Crippen molar-refractivity contribution in [3.05, 3.63) is 35.9 Å². The SMILES string of the molecule is Cn1cc(CNC(=O)CCn2cc(C(=O)O)cn2)cn1. The van der Waals surface area contributed by atoms with Crippen molar-refractivity contribution >= 4 is 11.9 Å². The van der Waals surface area contributed by atoms with Gasteiger partial charge in [0.05, 0.1) is 18.0 Å². The van der Waals surface area contributed by atoms with E-state index in [1.54, 1.807) is 10.9 Å². The van der Waals surface area contributed by atoms with E-state index in [1.807, 2.05) is 13.2 Å². The molecule has 0 bridgehead atoms. The zero-order chi connectivity index (χ0) is 14.5. The number of aromatic nitrogens is 4. The number of hydrogen-bond donors (Lipinski definition) is 2. The molecule has 8 nitrogen and oxygen atoms in total. The lowest BCUT2D eigenvalue weighted by Gasteiger charge is -2.03. The lowest BCUT2D eigenvalue weighted by Crippen LogP contribution is -2.23. The van der Waals surface area contributed by atoms with E-state index in [4.69, 9.17) is 5.11 Å². The van der Waals surface area contributed by atoms with Crippen molar-refractivity contribution in [2.24, 2.45) is 7.05 Å². The van der Waals surface area contributed by atoms with Gasteiger partial charge in [-0.05, 0) is 0 Å². The molecule has 8 heteroatoms. The molecule has 0 aliphatic heterocycles. The molecule has 1 amide bonds. The Balaban J connectivity index is 1.75. The number of carboxylic acid groups (broad SMARTS) is 1. The molecule has 0 spiro atoms. The highest BCUT2D eigenvalue weighted by Gasteiger charge is 2.07. The zero-order valence-corrected chi connectivity index (χ0v) is 11.0. The highest BCUT2D eigenvalue weighted by atomic mass is 16.4. The number of aromatic carboxylic acids is 1. The third kappa shape index (κ3) is 3.67. The summed E-state index contributed by atoms with van der Waals surface area (Å²) in [5, 5.41) is 19.4. The first-order valence-electron chi connectivity index (χ1n) is 6.04. The third-order valence-electron chi connectivity index (χ3n) is 2.70. The molecule has 106 valence electrons. The second kappa shape index (κ2) is 6.00. The van der Waals surface area contributed by atoms with Gasteiger partial charge in [-0.15, -0.1) is 0 Å². The van der Waals surface area contributed by atoms with Crippen molar-refractivity contribution < 1.29 is 14.7 Å². The summed E-state index contributed by atoms with van der Waals surface area (Å²) < 4.78 is 3.10. The van der Waals surface area contributed by atoms with Gasteiger partial charge >= 0.3 is 5.97 Å². The molecule has 2 rings (SSSR count). The number of carboxylic acids is 1. The van der Waals surface area contributed by atoms with Crippen molar-refractivity contribution in [2.75, 3.05) is 0 Å². The van der Waals surface area contributed by atoms with E-state index in [9.17, 15) is 9.59 Å². The van der Waals surface area contributed by atoms with E-state index in [2.05, 4.69) is 15.5 Å². The van der Waals surface area contributed by atoms with Crippen LogP contribution < -0.4 is 5.32 Å². The first kappa shape index (κ1) is 13.8. The molecular formula is C12H15N5O3. The Morgan fingerprint density at radius 3 is 2.70 bits per heavy atom. The van der Waals surface area contributed by atoms with Crippen LogP contribution in [0.1, 0.15) is 22.3 Å².